The van der Waals surface area contributed by atoms with Crippen molar-refractivity contribution in [2.45, 2.75) is 25.7 Å². The van der Waals surface area contributed by atoms with Gasteiger partial charge >= 0.3 is 0 Å². The second-order valence-corrected chi connectivity index (χ2v) is 8.51. The van der Waals surface area contributed by atoms with Gasteiger partial charge in [0.25, 0.3) is 0 Å². The molecule has 0 aliphatic carbocycles. The van der Waals surface area contributed by atoms with Crippen molar-refractivity contribution in [1.29, 1.82) is 0 Å². The second-order valence-electron chi connectivity index (χ2n) is 7.67. The molecule has 0 N–H and O–H groups in total. The molecule has 156 valence electrons. The van der Waals surface area contributed by atoms with Gasteiger partial charge in [-0.25, -0.2) is 0 Å². The quantitative estimate of drug-likeness (QED) is 0.440. The summed E-state index contributed by atoms with van der Waals surface area (Å²) in [6.07, 6.45) is 1.22. The maximum absolute atomic E-state index is 6.67. The summed E-state index contributed by atoms with van der Waals surface area (Å²) in [7, 11) is 1.71. The van der Waals surface area contributed by atoms with Crippen LogP contribution in [0.1, 0.15) is 29.3 Å². The van der Waals surface area contributed by atoms with E-state index in [1.54, 1.807) is 7.11 Å². The molecule has 1 atom stereocenters. The summed E-state index contributed by atoms with van der Waals surface area (Å²) in [5.41, 5.74) is 3.63. The van der Waals surface area contributed by atoms with E-state index in [1.165, 1.54) is 11.1 Å². The highest BCUT2D eigenvalue weighted by Gasteiger charge is 2.32. The zero-order valence-corrected chi connectivity index (χ0v) is 18.6. The Hall–Kier alpha value is -2.04. The minimum absolute atomic E-state index is 0.106. The van der Waals surface area contributed by atoms with Gasteiger partial charge in [0.1, 0.15) is 5.75 Å². The fourth-order valence-corrected chi connectivity index (χ4v) is 4.55. The molecule has 4 rings (SSSR count). The van der Waals surface area contributed by atoms with Gasteiger partial charge in [-0.2, -0.15) is 0 Å². The molecule has 1 fully saturated rings. The molecule has 0 aromatic heterocycles. The SMILES string of the molecule is COc1cccc(CN2CCCN(Cc3ccc(Cl)cc3)[C@@H]2c2ccccc2Cl)c1. The van der Waals surface area contributed by atoms with Gasteiger partial charge < -0.3 is 4.74 Å². The van der Waals surface area contributed by atoms with Gasteiger partial charge in [0.05, 0.1) is 13.3 Å². The number of hydrogen-bond donors (Lipinski definition) is 0. The average molecular weight is 441 g/mol. The van der Waals surface area contributed by atoms with Crippen molar-refractivity contribution in [3.05, 3.63) is 99.5 Å². The van der Waals surface area contributed by atoms with E-state index in [2.05, 4.69) is 46.2 Å². The van der Waals surface area contributed by atoms with Crippen molar-refractivity contribution >= 4 is 23.2 Å². The number of nitrogens with zero attached hydrogens (tertiary/aromatic N) is 2. The molecule has 0 spiro atoms. The molecule has 0 radical (unpaired) electrons. The van der Waals surface area contributed by atoms with Crippen LogP contribution in [0.3, 0.4) is 0 Å². The Balaban J connectivity index is 1.65. The molecule has 30 heavy (non-hydrogen) atoms. The lowest BCUT2D eigenvalue weighted by Crippen LogP contribution is -2.47. The minimum Gasteiger partial charge on any atom is -0.497 e. The van der Waals surface area contributed by atoms with Crippen LogP contribution in [0.5, 0.6) is 5.75 Å². The third kappa shape index (κ3) is 4.98. The smallest absolute Gasteiger partial charge is 0.119 e. The Morgan fingerprint density at radius 1 is 0.833 bits per heavy atom. The van der Waals surface area contributed by atoms with E-state index in [1.807, 2.05) is 36.4 Å². The number of rotatable bonds is 6. The average Bonchev–Trinajstić information content (AvgIpc) is 2.76. The lowest BCUT2D eigenvalue weighted by atomic mass is 10.0. The first kappa shape index (κ1) is 21.2. The van der Waals surface area contributed by atoms with Gasteiger partial charge in [-0.05, 0) is 47.9 Å². The minimum atomic E-state index is 0.106. The summed E-state index contributed by atoms with van der Waals surface area (Å²) in [5.74, 6) is 0.886. The highest BCUT2D eigenvalue weighted by atomic mass is 35.5. The van der Waals surface area contributed by atoms with E-state index in [4.69, 9.17) is 27.9 Å². The maximum atomic E-state index is 6.67. The molecule has 0 saturated carbocycles. The zero-order valence-electron chi connectivity index (χ0n) is 17.1. The van der Waals surface area contributed by atoms with Crippen molar-refractivity contribution < 1.29 is 4.74 Å². The van der Waals surface area contributed by atoms with Crippen LogP contribution in [0, 0.1) is 0 Å². The molecule has 3 nitrogen and oxygen atoms in total. The van der Waals surface area contributed by atoms with Gasteiger partial charge in [0.15, 0.2) is 0 Å². The lowest BCUT2D eigenvalue weighted by Gasteiger charge is -2.44. The van der Waals surface area contributed by atoms with Gasteiger partial charge in [0, 0.05) is 41.8 Å². The molecule has 0 amide bonds. The Morgan fingerprint density at radius 2 is 1.53 bits per heavy atom. The summed E-state index contributed by atoms with van der Waals surface area (Å²) in [5, 5.41) is 1.57. The van der Waals surface area contributed by atoms with Crippen molar-refractivity contribution in [2.75, 3.05) is 20.2 Å². The van der Waals surface area contributed by atoms with Crippen LogP contribution >= 0.6 is 23.2 Å². The molecule has 1 aliphatic rings. The first-order valence-electron chi connectivity index (χ1n) is 10.2. The standard InChI is InChI=1S/C25H26Cl2N2O/c1-30-22-7-4-6-20(16-22)18-29-15-5-14-28(17-19-10-12-21(26)13-11-19)25(29)23-8-2-3-9-24(23)27/h2-4,6-13,16,25H,5,14-15,17-18H2,1H3/t25-/m0/s1. The Bertz CT molecular complexity index is 977. The molecular formula is C25H26Cl2N2O. The summed E-state index contributed by atoms with van der Waals surface area (Å²) in [6, 6.07) is 24.6. The third-order valence-corrected chi connectivity index (χ3v) is 6.18. The Kier molecular flexibility index (Phi) is 6.96. The molecule has 1 aliphatic heterocycles. The van der Waals surface area contributed by atoms with Crippen LogP contribution in [-0.2, 0) is 13.1 Å². The summed E-state index contributed by atoms with van der Waals surface area (Å²) >= 11 is 12.8. The largest absolute Gasteiger partial charge is 0.497 e. The molecular weight excluding hydrogens is 415 g/mol. The Morgan fingerprint density at radius 3 is 2.23 bits per heavy atom. The third-order valence-electron chi connectivity index (χ3n) is 5.58. The number of hydrogen-bond acceptors (Lipinski definition) is 3. The monoisotopic (exact) mass is 440 g/mol. The topological polar surface area (TPSA) is 15.7 Å². The van der Waals surface area contributed by atoms with E-state index < -0.39 is 0 Å². The fraction of sp³-hybridized carbons (Fsp3) is 0.280. The van der Waals surface area contributed by atoms with Crippen molar-refractivity contribution in [2.24, 2.45) is 0 Å². The van der Waals surface area contributed by atoms with Gasteiger partial charge in [-0.1, -0.05) is 65.7 Å². The van der Waals surface area contributed by atoms with Crippen LogP contribution in [0.25, 0.3) is 0 Å². The summed E-state index contributed by atoms with van der Waals surface area (Å²) in [4.78, 5) is 5.02. The number of halogens is 2. The van der Waals surface area contributed by atoms with Crippen molar-refractivity contribution in [3.63, 3.8) is 0 Å². The normalized spacial score (nSPS) is 17.8. The number of methoxy groups -OCH3 is 1. The molecule has 3 aromatic carbocycles. The van der Waals surface area contributed by atoms with Crippen molar-refractivity contribution in [3.8, 4) is 5.75 Å². The van der Waals surface area contributed by atoms with E-state index in [9.17, 15) is 0 Å². The Labute approximate surface area is 188 Å². The number of benzene rings is 3. The first-order chi connectivity index (χ1) is 14.6. The van der Waals surface area contributed by atoms with Gasteiger partial charge in [0.2, 0.25) is 0 Å². The van der Waals surface area contributed by atoms with E-state index >= 15 is 0 Å². The predicted octanol–water partition coefficient (Wildman–Crippen LogP) is 6.41. The van der Waals surface area contributed by atoms with Crippen LogP contribution in [0.2, 0.25) is 10.0 Å². The van der Waals surface area contributed by atoms with Crippen LogP contribution in [0.15, 0.2) is 72.8 Å². The van der Waals surface area contributed by atoms with E-state index in [-0.39, 0.29) is 6.17 Å². The molecule has 1 saturated heterocycles. The molecule has 5 heteroatoms. The van der Waals surface area contributed by atoms with Gasteiger partial charge in [-0.15, -0.1) is 0 Å². The maximum Gasteiger partial charge on any atom is 0.119 e. The molecule has 1 heterocycles. The lowest BCUT2D eigenvalue weighted by molar-refractivity contribution is -0.00905. The highest BCUT2D eigenvalue weighted by Crippen LogP contribution is 2.35. The fourth-order valence-electron chi connectivity index (χ4n) is 4.19. The summed E-state index contributed by atoms with van der Waals surface area (Å²) < 4.78 is 5.42. The predicted molar refractivity (Wildman–Crippen MR) is 124 cm³/mol. The molecule has 0 unspecified atom stereocenters. The van der Waals surface area contributed by atoms with Crippen LogP contribution in [-0.4, -0.2) is 30.0 Å². The van der Waals surface area contributed by atoms with E-state index in [0.29, 0.717) is 0 Å². The number of ether oxygens (including phenoxy) is 1. The van der Waals surface area contributed by atoms with Crippen molar-refractivity contribution in [1.82, 2.24) is 9.80 Å². The van der Waals surface area contributed by atoms with Crippen LogP contribution < -0.4 is 4.74 Å². The van der Waals surface area contributed by atoms with E-state index in [0.717, 1.165) is 54.0 Å². The summed E-state index contributed by atoms with van der Waals surface area (Å²) in [6.45, 7) is 3.73. The van der Waals surface area contributed by atoms with Crippen LogP contribution in [0.4, 0.5) is 0 Å². The molecule has 3 aromatic rings. The zero-order chi connectivity index (χ0) is 20.9. The highest BCUT2D eigenvalue weighted by molar-refractivity contribution is 6.31. The molecule has 0 bridgehead atoms. The first-order valence-corrected chi connectivity index (χ1v) is 11.0. The second kappa shape index (κ2) is 9.84. The van der Waals surface area contributed by atoms with Gasteiger partial charge in [-0.3, -0.25) is 9.80 Å².